The summed E-state index contributed by atoms with van der Waals surface area (Å²) in [5.74, 6) is -0.321. The average molecular weight is 554 g/mol. The third-order valence-electron chi connectivity index (χ3n) is 6.98. The molecule has 0 radical (unpaired) electrons. The Balaban J connectivity index is 1.32. The molecule has 2 aromatic carbocycles. The fourth-order valence-electron chi connectivity index (χ4n) is 4.78. The Morgan fingerprint density at radius 3 is 2.23 bits per heavy atom. The number of hydrogen-bond acceptors (Lipinski definition) is 3. The van der Waals surface area contributed by atoms with E-state index in [0.29, 0.717) is 18.7 Å². The van der Waals surface area contributed by atoms with E-state index >= 15 is 0 Å². The largest absolute Gasteiger partial charge is 0.491 e. The number of anilines is 1. The van der Waals surface area contributed by atoms with Gasteiger partial charge in [0, 0.05) is 5.56 Å². The quantitative estimate of drug-likeness (QED) is 0.119. The van der Waals surface area contributed by atoms with Crippen molar-refractivity contribution in [2.75, 3.05) is 11.9 Å². The van der Waals surface area contributed by atoms with Crippen LogP contribution in [0.5, 0.6) is 5.75 Å². The molecule has 3 aromatic rings. The molecular formula is C33H46FN2O2S+. The Labute approximate surface area is 238 Å². The van der Waals surface area contributed by atoms with Crippen molar-refractivity contribution in [2.24, 2.45) is 0 Å². The Morgan fingerprint density at radius 2 is 1.59 bits per heavy atom. The van der Waals surface area contributed by atoms with Crippen LogP contribution in [0.1, 0.15) is 100.0 Å². The minimum absolute atomic E-state index is 0.106. The number of thiazole rings is 1. The molecule has 1 amide bonds. The molecule has 0 aliphatic carbocycles. The number of nitrogens with zero attached hydrogens (tertiary/aromatic N) is 1. The molecule has 212 valence electrons. The number of carbonyl (C=O) groups excluding carboxylic acids is 1. The van der Waals surface area contributed by atoms with Gasteiger partial charge in [-0.25, -0.2) is 4.39 Å². The summed E-state index contributed by atoms with van der Waals surface area (Å²) in [6.07, 6.45) is 17.6. The lowest BCUT2D eigenvalue weighted by atomic mass is 10.1. The number of para-hydroxylation sites is 1. The normalized spacial score (nSPS) is 11.1. The lowest BCUT2D eigenvalue weighted by molar-refractivity contribution is -0.683. The molecule has 1 aromatic heterocycles. The number of unbranched alkanes of at least 4 members (excludes halogenated alkanes) is 11. The topological polar surface area (TPSA) is 42.2 Å². The van der Waals surface area contributed by atoms with E-state index in [0.717, 1.165) is 24.1 Å². The third-order valence-corrected chi connectivity index (χ3v) is 7.84. The maximum absolute atomic E-state index is 14.6. The number of aromatic nitrogens is 1. The molecule has 0 aliphatic rings. The second-order valence-electron chi connectivity index (χ2n) is 10.5. The van der Waals surface area contributed by atoms with Crippen LogP contribution in [0.4, 0.5) is 10.1 Å². The summed E-state index contributed by atoms with van der Waals surface area (Å²) in [6.45, 7) is 5.53. The highest BCUT2D eigenvalue weighted by atomic mass is 32.1. The van der Waals surface area contributed by atoms with Gasteiger partial charge >= 0.3 is 0 Å². The van der Waals surface area contributed by atoms with Crippen molar-refractivity contribution in [2.45, 2.75) is 104 Å². The van der Waals surface area contributed by atoms with E-state index in [-0.39, 0.29) is 18.1 Å². The highest BCUT2D eigenvalue weighted by Gasteiger charge is 2.13. The Hall–Kier alpha value is -2.73. The number of hydrogen-bond donors (Lipinski definition) is 1. The number of ether oxygens (including phenoxy) is 1. The second kappa shape index (κ2) is 17.8. The predicted octanol–water partition coefficient (Wildman–Crippen LogP) is 8.79. The van der Waals surface area contributed by atoms with Crippen LogP contribution in [-0.2, 0) is 17.8 Å². The molecule has 0 bridgehead atoms. The van der Waals surface area contributed by atoms with Crippen molar-refractivity contribution >= 4 is 22.9 Å². The van der Waals surface area contributed by atoms with Crippen LogP contribution in [0.25, 0.3) is 0 Å². The van der Waals surface area contributed by atoms with Crippen LogP contribution in [-0.4, -0.2) is 12.5 Å². The summed E-state index contributed by atoms with van der Waals surface area (Å²) in [5.41, 5.74) is 4.50. The van der Waals surface area contributed by atoms with Gasteiger partial charge in [0.2, 0.25) is 11.4 Å². The fraction of sp³-hybridized carbons (Fsp3) is 0.515. The minimum Gasteiger partial charge on any atom is -0.491 e. The van der Waals surface area contributed by atoms with E-state index in [1.165, 1.54) is 75.2 Å². The van der Waals surface area contributed by atoms with E-state index in [2.05, 4.69) is 35.4 Å². The first-order chi connectivity index (χ1) is 19.0. The van der Waals surface area contributed by atoms with Crippen LogP contribution in [0.3, 0.4) is 0 Å². The summed E-state index contributed by atoms with van der Waals surface area (Å²) in [6, 6.07) is 12.6. The molecule has 1 N–H and O–H groups in total. The summed E-state index contributed by atoms with van der Waals surface area (Å²) in [5, 5.41) is 3.00. The summed E-state index contributed by atoms with van der Waals surface area (Å²) >= 11 is 1.69. The fourth-order valence-corrected chi connectivity index (χ4v) is 5.41. The Bertz CT molecular complexity index is 1130. The molecule has 0 unspecified atom stereocenters. The van der Waals surface area contributed by atoms with E-state index in [1.54, 1.807) is 23.5 Å². The first kappa shape index (κ1) is 30.8. The number of nitrogens with one attached hydrogen (secondary N) is 1. The zero-order valence-corrected chi connectivity index (χ0v) is 24.7. The first-order valence-corrected chi connectivity index (χ1v) is 15.7. The highest BCUT2D eigenvalue weighted by molar-refractivity contribution is 7.09. The van der Waals surface area contributed by atoms with Crippen molar-refractivity contribution in [3.63, 3.8) is 0 Å². The van der Waals surface area contributed by atoms with Crippen molar-refractivity contribution < 1.29 is 18.5 Å². The number of halogens is 1. The molecule has 1 heterocycles. The number of rotatable bonds is 19. The smallest absolute Gasteiger partial charge is 0.228 e. The first-order valence-electron chi connectivity index (χ1n) is 14.8. The van der Waals surface area contributed by atoms with Gasteiger partial charge in [-0.05, 0) is 37.1 Å². The van der Waals surface area contributed by atoms with Gasteiger partial charge in [0.15, 0.2) is 24.3 Å². The molecule has 0 saturated heterocycles. The zero-order valence-electron chi connectivity index (χ0n) is 23.9. The van der Waals surface area contributed by atoms with Gasteiger partial charge in [-0.3, -0.25) is 4.79 Å². The number of aryl methyl sites for hydroxylation is 1. The van der Waals surface area contributed by atoms with Gasteiger partial charge in [-0.1, -0.05) is 113 Å². The Kier molecular flexibility index (Phi) is 14.0. The average Bonchev–Trinajstić information content (AvgIpc) is 3.33. The van der Waals surface area contributed by atoms with Gasteiger partial charge in [0.05, 0.1) is 23.6 Å². The van der Waals surface area contributed by atoms with Gasteiger partial charge in [-0.2, -0.15) is 4.57 Å². The number of carbonyl (C=O) groups is 1. The maximum Gasteiger partial charge on any atom is 0.228 e. The van der Waals surface area contributed by atoms with Crippen LogP contribution in [0, 0.1) is 12.7 Å². The molecule has 0 fully saturated rings. The van der Waals surface area contributed by atoms with Gasteiger partial charge in [0.1, 0.15) is 0 Å². The van der Waals surface area contributed by atoms with Crippen LogP contribution in [0.15, 0.2) is 54.2 Å². The van der Waals surface area contributed by atoms with Crippen molar-refractivity contribution in [1.82, 2.24) is 0 Å². The molecule has 0 spiro atoms. The number of benzene rings is 2. The van der Waals surface area contributed by atoms with E-state index in [1.807, 2.05) is 24.3 Å². The minimum atomic E-state index is -0.413. The zero-order chi connectivity index (χ0) is 27.7. The summed E-state index contributed by atoms with van der Waals surface area (Å²) in [7, 11) is 0. The standard InChI is InChI=1S/C33H45FN2O2S/c1-3-4-5-6-7-8-9-10-11-12-13-16-21-38-32-20-19-28(22-30(32)34)23-33(37)35-31-18-15-14-17-29(31)25-36-24-27(2)39-26-36/h14-15,17-20,22,24,26H,3-13,16,21,23,25H2,1-2H3/p+1. The molecule has 0 aliphatic heterocycles. The predicted molar refractivity (Wildman–Crippen MR) is 160 cm³/mol. The highest BCUT2D eigenvalue weighted by Crippen LogP contribution is 2.21. The van der Waals surface area contributed by atoms with E-state index in [4.69, 9.17) is 4.74 Å². The van der Waals surface area contributed by atoms with E-state index in [9.17, 15) is 9.18 Å². The van der Waals surface area contributed by atoms with Gasteiger partial charge in [0.25, 0.3) is 0 Å². The summed E-state index contributed by atoms with van der Waals surface area (Å²) < 4.78 is 22.4. The molecule has 4 nitrogen and oxygen atoms in total. The van der Waals surface area contributed by atoms with Gasteiger partial charge in [-0.15, -0.1) is 0 Å². The van der Waals surface area contributed by atoms with E-state index < -0.39 is 5.82 Å². The molecule has 3 rings (SSSR count). The lowest BCUT2D eigenvalue weighted by Crippen LogP contribution is -2.31. The van der Waals surface area contributed by atoms with Gasteiger partial charge < -0.3 is 10.1 Å². The van der Waals surface area contributed by atoms with Crippen LogP contribution in [0.2, 0.25) is 0 Å². The van der Waals surface area contributed by atoms with Crippen molar-refractivity contribution in [3.8, 4) is 5.75 Å². The van der Waals surface area contributed by atoms with Crippen LogP contribution >= 0.6 is 11.3 Å². The van der Waals surface area contributed by atoms with Crippen molar-refractivity contribution in [3.05, 3.63) is 76.0 Å². The maximum atomic E-state index is 14.6. The monoisotopic (exact) mass is 553 g/mol. The molecule has 0 atom stereocenters. The summed E-state index contributed by atoms with van der Waals surface area (Å²) in [4.78, 5) is 14.0. The van der Waals surface area contributed by atoms with Crippen LogP contribution < -0.4 is 14.6 Å². The second-order valence-corrected chi connectivity index (χ2v) is 11.6. The third kappa shape index (κ3) is 11.9. The van der Waals surface area contributed by atoms with Crippen molar-refractivity contribution in [1.29, 1.82) is 0 Å². The SMILES string of the molecule is CCCCCCCCCCCCCCOc1ccc(CC(=O)Nc2ccccc2C[n+]2csc(C)c2)cc1F. The number of amides is 1. The molecule has 39 heavy (non-hydrogen) atoms. The molecule has 0 saturated carbocycles. The lowest BCUT2D eigenvalue weighted by Gasteiger charge is -2.11. The molecule has 6 heteroatoms. The Morgan fingerprint density at radius 1 is 0.923 bits per heavy atom. The molecular weight excluding hydrogens is 507 g/mol.